The Morgan fingerprint density at radius 1 is 0.889 bits per heavy atom. The first-order chi connectivity index (χ1) is 17.2. The number of sulfone groups is 1. The smallest absolute Gasteiger partial charge is 0.314 e. The van der Waals surface area contributed by atoms with E-state index in [1.165, 1.54) is 6.26 Å². The topological polar surface area (TPSA) is 109 Å². The highest BCUT2D eigenvalue weighted by atomic mass is 32.2. The summed E-state index contributed by atoms with van der Waals surface area (Å²) in [6, 6.07) is 25.5. The van der Waals surface area contributed by atoms with Crippen LogP contribution in [0, 0.1) is 0 Å². The Balaban J connectivity index is 1.50. The molecule has 1 heterocycles. The summed E-state index contributed by atoms with van der Waals surface area (Å²) in [5, 5.41) is 13.0. The number of nitrogens with zero attached hydrogens (tertiary/aromatic N) is 2. The molecule has 1 fully saturated rings. The maximum absolute atomic E-state index is 11.8. The Morgan fingerprint density at radius 2 is 1.56 bits per heavy atom. The minimum absolute atomic E-state index is 0.231. The van der Waals surface area contributed by atoms with Gasteiger partial charge in [0, 0.05) is 29.1 Å². The quantitative estimate of drug-likeness (QED) is 0.347. The summed E-state index contributed by atoms with van der Waals surface area (Å²) in [5.74, 6) is 0.245. The number of carbonyl (C=O) groups is 1. The third-order valence-electron chi connectivity index (χ3n) is 6.66. The normalized spacial score (nSPS) is 14.6. The van der Waals surface area contributed by atoms with Crippen LogP contribution in [0.5, 0.6) is 0 Å². The average molecular weight is 500 g/mol. The van der Waals surface area contributed by atoms with Crippen LogP contribution >= 0.6 is 0 Å². The Kier molecular flexibility index (Phi) is 6.05. The van der Waals surface area contributed by atoms with E-state index >= 15 is 0 Å². The largest absolute Gasteiger partial charge is 0.481 e. The minimum Gasteiger partial charge on any atom is -0.481 e. The number of hydrogen-bond donors (Lipinski definition) is 2. The Morgan fingerprint density at radius 3 is 2.11 bits per heavy atom. The van der Waals surface area contributed by atoms with Gasteiger partial charge in [-0.2, -0.15) is 0 Å². The van der Waals surface area contributed by atoms with Crippen molar-refractivity contribution >= 4 is 27.3 Å². The van der Waals surface area contributed by atoms with Crippen molar-refractivity contribution in [1.82, 2.24) is 9.97 Å². The van der Waals surface area contributed by atoms with Crippen LogP contribution in [0.4, 0.5) is 11.5 Å². The SMILES string of the molecule is CS(=O)(=O)c1ccc(-c2nc(Nc3ccc(C4(C(=O)O)CCC4)cc3)cc(-c3ccccc3)n2)cc1. The van der Waals surface area contributed by atoms with Crippen LogP contribution in [0.2, 0.25) is 0 Å². The highest BCUT2D eigenvalue weighted by Gasteiger charge is 2.45. The summed E-state index contributed by atoms with van der Waals surface area (Å²) >= 11 is 0. The van der Waals surface area contributed by atoms with Gasteiger partial charge in [-0.25, -0.2) is 18.4 Å². The lowest BCUT2D eigenvalue weighted by molar-refractivity contribution is -0.147. The number of hydrogen-bond acceptors (Lipinski definition) is 6. The van der Waals surface area contributed by atoms with Crippen molar-refractivity contribution in [2.75, 3.05) is 11.6 Å². The van der Waals surface area contributed by atoms with E-state index in [2.05, 4.69) is 10.3 Å². The summed E-state index contributed by atoms with van der Waals surface area (Å²) in [6.07, 6.45) is 3.40. The van der Waals surface area contributed by atoms with Gasteiger partial charge < -0.3 is 10.4 Å². The predicted octanol–water partition coefficient (Wildman–Crippen LogP) is 5.46. The molecule has 0 aliphatic heterocycles. The molecule has 0 radical (unpaired) electrons. The second kappa shape index (κ2) is 9.20. The summed E-state index contributed by atoms with van der Waals surface area (Å²) in [5.41, 5.74) is 3.12. The molecule has 1 saturated carbocycles. The van der Waals surface area contributed by atoms with E-state index < -0.39 is 21.2 Å². The number of rotatable bonds is 7. The number of benzene rings is 3. The van der Waals surface area contributed by atoms with Gasteiger partial charge in [0.1, 0.15) is 5.82 Å². The number of aromatic nitrogens is 2. The summed E-state index contributed by atoms with van der Waals surface area (Å²) in [6.45, 7) is 0. The van der Waals surface area contributed by atoms with Gasteiger partial charge in [-0.3, -0.25) is 4.79 Å². The molecule has 4 aromatic rings. The van der Waals surface area contributed by atoms with Crippen molar-refractivity contribution in [1.29, 1.82) is 0 Å². The van der Waals surface area contributed by atoms with Crippen LogP contribution in [0.1, 0.15) is 24.8 Å². The molecule has 0 atom stereocenters. The molecule has 36 heavy (non-hydrogen) atoms. The van der Waals surface area contributed by atoms with E-state index in [4.69, 9.17) is 4.98 Å². The fourth-order valence-corrected chi connectivity index (χ4v) is 5.06. The molecule has 5 rings (SSSR count). The molecule has 3 aromatic carbocycles. The van der Waals surface area contributed by atoms with Gasteiger partial charge >= 0.3 is 5.97 Å². The van der Waals surface area contributed by atoms with Crippen LogP contribution in [-0.4, -0.2) is 35.7 Å². The van der Waals surface area contributed by atoms with E-state index in [1.807, 2.05) is 60.7 Å². The molecule has 0 spiro atoms. The van der Waals surface area contributed by atoms with Crippen LogP contribution in [0.15, 0.2) is 89.8 Å². The summed E-state index contributed by atoms with van der Waals surface area (Å²) in [4.78, 5) is 21.5. The molecular weight excluding hydrogens is 474 g/mol. The third kappa shape index (κ3) is 4.59. The average Bonchev–Trinajstić information content (AvgIpc) is 2.84. The lowest BCUT2D eigenvalue weighted by Crippen LogP contribution is -2.42. The first-order valence-corrected chi connectivity index (χ1v) is 13.5. The second-order valence-corrected chi connectivity index (χ2v) is 11.1. The van der Waals surface area contributed by atoms with E-state index in [-0.39, 0.29) is 4.90 Å². The fourth-order valence-electron chi connectivity index (χ4n) is 4.43. The van der Waals surface area contributed by atoms with Gasteiger partial charge in [-0.15, -0.1) is 0 Å². The molecule has 1 aliphatic rings. The van der Waals surface area contributed by atoms with Crippen LogP contribution < -0.4 is 5.32 Å². The van der Waals surface area contributed by atoms with Crippen molar-refractivity contribution in [2.24, 2.45) is 0 Å². The maximum Gasteiger partial charge on any atom is 0.314 e. The van der Waals surface area contributed by atoms with Crippen molar-refractivity contribution in [3.8, 4) is 22.6 Å². The van der Waals surface area contributed by atoms with E-state index in [0.29, 0.717) is 35.7 Å². The molecule has 7 nitrogen and oxygen atoms in total. The van der Waals surface area contributed by atoms with Crippen molar-refractivity contribution in [2.45, 2.75) is 29.6 Å². The number of carboxylic acids is 1. The number of nitrogens with one attached hydrogen (secondary N) is 1. The molecule has 1 aliphatic carbocycles. The zero-order valence-corrected chi connectivity index (χ0v) is 20.5. The molecule has 0 amide bonds. The monoisotopic (exact) mass is 499 g/mol. The molecule has 0 unspecified atom stereocenters. The van der Waals surface area contributed by atoms with Gasteiger partial charge in [-0.05, 0) is 54.8 Å². The lowest BCUT2D eigenvalue weighted by atomic mass is 9.64. The predicted molar refractivity (Wildman–Crippen MR) is 139 cm³/mol. The van der Waals surface area contributed by atoms with Gasteiger partial charge in [0.25, 0.3) is 0 Å². The molecule has 182 valence electrons. The summed E-state index contributed by atoms with van der Waals surface area (Å²) in [7, 11) is -3.31. The molecule has 1 aromatic heterocycles. The van der Waals surface area contributed by atoms with Crippen LogP contribution in [0.25, 0.3) is 22.6 Å². The zero-order valence-electron chi connectivity index (χ0n) is 19.7. The summed E-state index contributed by atoms with van der Waals surface area (Å²) < 4.78 is 23.7. The fraction of sp³-hybridized carbons (Fsp3) is 0.179. The Bertz CT molecular complexity index is 1510. The van der Waals surface area contributed by atoms with Crippen molar-refractivity contribution < 1.29 is 18.3 Å². The second-order valence-electron chi connectivity index (χ2n) is 9.07. The molecule has 0 bridgehead atoms. The van der Waals surface area contributed by atoms with Crippen LogP contribution in [0.3, 0.4) is 0 Å². The zero-order chi connectivity index (χ0) is 25.3. The highest BCUT2D eigenvalue weighted by Crippen LogP contribution is 2.44. The minimum atomic E-state index is -3.31. The Hall–Kier alpha value is -4.04. The van der Waals surface area contributed by atoms with Gasteiger partial charge in [-0.1, -0.05) is 48.9 Å². The van der Waals surface area contributed by atoms with Gasteiger partial charge in [0.2, 0.25) is 0 Å². The number of carboxylic acid groups (broad SMARTS) is 1. The van der Waals surface area contributed by atoms with E-state index in [1.54, 1.807) is 24.3 Å². The van der Waals surface area contributed by atoms with Crippen molar-refractivity contribution in [3.63, 3.8) is 0 Å². The Labute approximate surface area is 209 Å². The van der Waals surface area contributed by atoms with E-state index in [0.717, 1.165) is 23.2 Å². The standard InChI is InChI=1S/C28H25N3O4S/c1-36(34,35)23-14-8-20(9-15-23)26-30-24(19-6-3-2-4-7-19)18-25(31-26)29-22-12-10-21(11-13-22)28(27(32)33)16-5-17-28/h2-4,6-15,18H,5,16-17H2,1H3,(H,32,33)(H,29,30,31). The molecule has 8 heteroatoms. The first-order valence-electron chi connectivity index (χ1n) is 11.6. The third-order valence-corrected chi connectivity index (χ3v) is 7.79. The molecular formula is C28H25N3O4S. The highest BCUT2D eigenvalue weighted by molar-refractivity contribution is 7.90. The van der Waals surface area contributed by atoms with Gasteiger partial charge in [0.15, 0.2) is 15.7 Å². The van der Waals surface area contributed by atoms with Crippen LogP contribution in [-0.2, 0) is 20.0 Å². The molecule has 0 saturated heterocycles. The first kappa shape index (κ1) is 23.7. The number of anilines is 2. The lowest BCUT2D eigenvalue weighted by Gasteiger charge is -2.38. The van der Waals surface area contributed by atoms with Gasteiger partial charge in [0.05, 0.1) is 16.0 Å². The van der Waals surface area contributed by atoms with E-state index in [9.17, 15) is 18.3 Å². The molecule has 2 N–H and O–H groups in total. The van der Waals surface area contributed by atoms with Crippen molar-refractivity contribution in [3.05, 3.63) is 90.5 Å². The number of aliphatic carboxylic acids is 1. The maximum atomic E-state index is 11.8.